The molecule has 0 unspecified atom stereocenters. The van der Waals surface area contributed by atoms with Crippen LogP contribution in [0.25, 0.3) is 0 Å². The molecule has 0 aliphatic heterocycles. The Balaban J connectivity index is 2.38. The third-order valence-corrected chi connectivity index (χ3v) is 2.71. The summed E-state index contributed by atoms with van der Waals surface area (Å²) in [7, 11) is 1.39. The molecule has 1 aliphatic rings. The predicted octanol–water partition coefficient (Wildman–Crippen LogP) is 1.94. The van der Waals surface area contributed by atoms with E-state index in [-0.39, 0.29) is 11.9 Å². The number of rotatable bonds is 1. The van der Waals surface area contributed by atoms with Gasteiger partial charge in [0.25, 0.3) is 0 Å². The lowest BCUT2D eigenvalue weighted by atomic mass is 10.1. The summed E-state index contributed by atoms with van der Waals surface area (Å²) < 4.78 is 4.71. The number of halogens is 1. The molecule has 1 aliphatic carbocycles. The Morgan fingerprint density at radius 1 is 1.64 bits per heavy atom. The number of aryl methyl sites for hydroxylation is 1. The van der Waals surface area contributed by atoms with E-state index in [1.165, 1.54) is 7.11 Å². The van der Waals surface area contributed by atoms with Crippen molar-refractivity contribution >= 4 is 17.6 Å². The summed E-state index contributed by atoms with van der Waals surface area (Å²) in [5, 5.41) is 0.430. The Hall–Kier alpha value is -1.09. The highest BCUT2D eigenvalue weighted by Gasteiger charge is 2.30. The predicted molar refractivity (Wildman–Crippen MR) is 52.3 cm³/mol. The van der Waals surface area contributed by atoms with Crippen LogP contribution in [0.15, 0.2) is 12.1 Å². The molecule has 1 atom stereocenters. The van der Waals surface area contributed by atoms with Gasteiger partial charge in [-0.05, 0) is 24.5 Å². The van der Waals surface area contributed by atoms with Gasteiger partial charge in [0.2, 0.25) is 0 Å². The average molecular weight is 212 g/mol. The van der Waals surface area contributed by atoms with Crippen molar-refractivity contribution in [1.29, 1.82) is 0 Å². The van der Waals surface area contributed by atoms with Crippen LogP contribution >= 0.6 is 11.6 Å². The van der Waals surface area contributed by atoms with E-state index in [1.54, 1.807) is 6.07 Å². The molecule has 1 aromatic heterocycles. The number of hydrogen-bond donors (Lipinski definition) is 0. The number of esters is 1. The van der Waals surface area contributed by atoms with Crippen LogP contribution in [-0.4, -0.2) is 18.1 Å². The van der Waals surface area contributed by atoms with Crippen LogP contribution in [0, 0.1) is 0 Å². The summed E-state index contributed by atoms with van der Waals surface area (Å²) in [6.45, 7) is 0. The van der Waals surface area contributed by atoms with E-state index in [1.807, 2.05) is 6.07 Å². The second-order valence-electron chi connectivity index (χ2n) is 3.29. The zero-order valence-electron chi connectivity index (χ0n) is 7.79. The maximum Gasteiger partial charge on any atom is 0.314 e. The molecule has 1 aromatic rings. The Bertz CT molecular complexity index is 378. The van der Waals surface area contributed by atoms with Gasteiger partial charge in [0.1, 0.15) is 5.15 Å². The lowest BCUT2D eigenvalue weighted by molar-refractivity contribution is -0.142. The van der Waals surface area contributed by atoms with Crippen molar-refractivity contribution < 1.29 is 9.53 Å². The molecule has 0 spiro atoms. The first-order valence-corrected chi connectivity index (χ1v) is 4.83. The first kappa shape index (κ1) is 9.46. The number of pyridine rings is 1. The van der Waals surface area contributed by atoms with E-state index >= 15 is 0 Å². The van der Waals surface area contributed by atoms with Crippen molar-refractivity contribution in [3.8, 4) is 0 Å². The lowest BCUT2D eigenvalue weighted by Gasteiger charge is -2.07. The fourth-order valence-corrected chi connectivity index (χ4v) is 1.95. The minimum atomic E-state index is -0.228. The zero-order valence-corrected chi connectivity index (χ0v) is 8.54. The fourth-order valence-electron chi connectivity index (χ4n) is 1.80. The molecule has 14 heavy (non-hydrogen) atoms. The van der Waals surface area contributed by atoms with Crippen LogP contribution in [0.1, 0.15) is 23.6 Å². The number of carbonyl (C=O) groups is 1. The summed E-state index contributed by atoms with van der Waals surface area (Å²) >= 11 is 5.77. The van der Waals surface area contributed by atoms with Crippen LogP contribution < -0.4 is 0 Å². The number of ether oxygens (including phenoxy) is 1. The molecule has 2 rings (SSSR count). The van der Waals surface area contributed by atoms with Crippen molar-refractivity contribution in [2.45, 2.75) is 18.8 Å². The number of hydrogen-bond acceptors (Lipinski definition) is 3. The van der Waals surface area contributed by atoms with Gasteiger partial charge >= 0.3 is 5.97 Å². The normalized spacial score (nSPS) is 19.1. The first-order valence-electron chi connectivity index (χ1n) is 4.45. The molecule has 0 N–H and O–H groups in total. The summed E-state index contributed by atoms with van der Waals surface area (Å²) in [4.78, 5) is 15.6. The van der Waals surface area contributed by atoms with E-state index < -0.39 is 0 Å². The van der Waals surface area contributed by atoms with Crippen molar-refractivity contribution in [3.63, 3.8) is 0 Å². The van der Waals surface area contributed by atoms with E-state index in [0.717, 1.165) is 24.1 Å². The van der Waals surface area contributed by atoms with Gasteiger partial charge in [0.15, 0.2) is 0 Å². The summed E-state index contributed by atoms with van der Waals surface area (Å²) in [5.41, 5.74) is 1.88. The summed E-state index contributed by atoms with van der Waals surface area (Å²) in [6.07, 6.45) is 1.65. The third kappa shape index (κ3) is 1.48. The Morgan fingerprint density at radius 3 is 3.14 bits per heavy atom. The van der Waals surface area contributed by atoms with Gasteiger partial charge in [-0.3, -0.25) is 4.79 Å². The molecule has 4 heteroatoms. The molecule has 0 amide bonds. The van der Waals surface area contributed by atoms with Gasteiger partial charge in [-0.2, -0.15) is 0 Å². The number of fused-ring (bicyclic) bond motifs is 1. The van der Waals surface area contributed by atoms with Gasteiger partial charge < -0.3 is 4.74 Å². The second-order valence-corrected chi connectivity index (χ2v) is 3.68. The third-order valence-electron chi connectivity index (χ3n) is 2.50. The Morgan fingerprint density at radius 2 is 2.43 bits per heavy atom. The summed E-state index contributed by atoms with van der Waals surface area (Å²) in [6, 6.07) is 3.67. The molecule has 0 fully saturated rings. The molecular formula is C10H10ClNO2. The van der Waals surface area contributed by atoms with E-state index in [4.69, 9.17) is 16.3 Å². The molecule has 74 valence electrons. The van der Waals surface area contributed by atoms with E-state index in [9.17, 15) is 4.79 Å². The van der Waals surface area contributed by atoms with Gasteiger partial charge in [0.05, 0.1) is 18.7 Å². The SMILES string of the molecule is COC(=O)[C@H]1CCc2ccc(Cl)nc21. The zero-order chi connectivity index (χ0) is 10.1. The lowest BCUT2D eigenvalue weighted by Crippen LogP contribution is -2.12. The Kier molecular flexibility index (Phi) is 2.42. The van der Waals surface area contributed by atoms with Gasteiger partial charge in [-0.1, -0.05) is 17.7 Å². The minimum absolute atomic E-state index is 0.224. The van der Waals surface area contributed by atoms with E-state index in [0.29, 0.717) is 5.15 Å². The van der Waals surface area contributed by atoms with Gasteiger partial charge in [0, 0.05) is 0 Å². The maximum atomic E-state index is 11.4. The second kappa shape index (κ2) is 3.58. The summed E-state index contributed by atoms with van der Waals surface area (Å²) in [5.74, 6) is -0.452. The van der Waals surface area contributed by atoms with E-state index in [2.05, 4.69) is 4.98 Å². The van der Waals surface area contributed by atoms with Crippen molar-refractivity contribution in [1.82, 2.24) is 4.98 Å². The van der Waals surface area contributed by atoms with Gasteiger partial charge in [-0.25, -0.2) is 4.98 Å². The molecule has 0 radical (unpaired) electrons. The number of methoxy groups -OCH3 is 1. The highest BCUT2D eigenvalue weighted by atomic mass is 35.5. The quantitative estimate of drug-likeness (QED) is 0.527. The Labute approximate surface area is 87.0 Å². The molecule has 0 aromatic carbocycles. The number of nitrogens with zero attached hydrogens (tertiary/aromatic N) is 1. The molecular weight excluding hydrogens is 202 g/mol. The van der Waals surface area contributed by atoms with Crippen LogP contribution in [0.3, 0.4) is 0 Å². The molecule has 3 nitrogen and oxygen atoms in total. The molecule has 0 saturated carbocycles. The highest BCUT2D eigenvalue weighted by Crippen LogP contribution is 2.33. The smallest absolute Gasteiger partial charge is 0.314 e. The maximum absolute atomic E-state index is 11.4. The first-order chi connectivity index (χ1) is 6.72. The largest absolute Gasteiger partial charge is 0.469 e. The van der Waals surface area contributed by atoms with Crippen LogP contribution in [0.5, 0.6) is 0 Å². The monoisotopic (exact) mass is 211 g/mol. The highest BCUT2D eigenvalue weighted by molar-refractivity contribution is 6.29. The van der Waals surface area contributed by atoms with Crippen LogP contribution in [-0.2, 0) is 16.0 Å². The van der Waals surface area contributed by atoms with Crippen LogP contribution in [0.4, 0.5) is 0 Å². The number of carbonyl (C=O) groups excluding carboxylic acids is 1. The number of aromatic nitrogens is 1. The van der Waals surface area contributed by atoms with Crippen LogP contribution in [0.2, 0.25) is 5.15 Å². The topological polar surface area (TPSA) is 39.2 Å². The molecule has 1 heterocycles. The standard InChI is InChI=1S/C10H10ClNO2/c1-14-10(13)7-4-2-6-3-5-8(11)12-9(6)7/h3,5,7H,2,4H2,1H3/t7-/m0/s1. The molecule has 0 saturated heterocycles. The van der Waals surface area contributed by atoms with Gasteiger partial charge in [-0.15, -0.1) is 0 Å². The van der Waals surface area contributed by atoms with Crippen molar-refractivity contribution in [2.75, 3.05) is 7.11 Å². The minimum Gasteiger partial charge on any atom is -0.469 e. The van der Waals surface area contributed by atoms with Crippen molar-refractivity contribution in [2.24, 2.45) is 0 Å². The average Bonchev–Trinajstić information content (AvgIpc) is 2.59. The van der Waals surface area contributed by atoms with Crippen molar-refractivity contribution in [3.05, 3.63) is 28.5 Å². The molecule has 0 bridgehead atoms. The fraction of sp³-hybridized carbons (Fsp3) is 0.400.